The van der Waals surface area contributed by atoms with E-state index in [1.807, 2.05) is 6.07 Å². The van der Waals surface area contributed by atoms with Gasteiger partial charge < -0.3 is 9.84 Å². The molecule has 19 heavy (non-hydrogen) atoms. The maximum atomic E-state index is 10.6. The molecule has 5 nitrogen and oxygen atoms in total. The summed E-state index contributed by atoms with van der Waals surface area (Å²) >= 11 is 0. The molecule has 1 N–H and O–H groups in total. The summed E-state index contributed by atoms with van der Waals surface area (Å²) in [5.74, 6) is -1.25. The number of ether oxygens (including phenoxy) is 1. The molecule has 104 valence electrons. The van der Waals surface area contributed by atoms with Gasteiger partial charge in [0.15, 0.2) is 12.6 Å². The van der Waals surface area contributed by atoms with Crippen LogP contribution in [0.3, 0.4) is 0 Å². The summed E-state index contributed by atoms with van der Waals surface area (Å²) in [5.41, 5.74) is -1.22. The fourth-order valence-electron chi connectivity index (χ4n) is 1.08. The molecule has 1 rings (SSSR count). The molecule has 0 unspecified atom stereocenters. The second-order valence-electron chi connectivity index (χ2n) is 3.62. The Morgan fingerprint density at radius 3 is 2.05 bits per heavy atom. The van der Waals surface area contributed by atoms with Crippen LogP contribution in [0.5, 0.6) is 0 Å². The van der Waals surface area contributed by atoms with Crippen LogP contribution in [0, 0.1) is 0 Å². The number of aryl methyl sites for hydroxylation is 1. The van der Waals surface area contributed by atoms with Gasteiger partial charge in [-0.1, -0.05) is 37.3 Å². The van der Waals surface area contributed by atoms with Gasteiger partial charge in [-0.15, -0.1) is 0 Å². The molecule has 0 aromatic heterocycles. The summed E-state index contributed by atoms with van der Waals surface area (Å²) in [6, 6.07) is 10.5. The third kappa shape index (κ3) is 5.92. The predicted molar refractivity (Wildman–Crippen MR) is 69.5 cm³/mol. The van der Waals surface area contributed by atoms with Gasteiger partial charge in [0.05, 0.1) is 6.61 Å². The zero-order chi connectivity index (χ0) is 14.7. The summed E-state index contributed by atoms with van der Waals surface area (Å²) in [4.78, 5) is 30.6. The van der Waals surface area contributed by atoms with Crippen LogP contribution in [-0.4, -0.2) is 35.9 Å². The number of carbonyl (C=O) groups is 3. The van der Waals surface area contributed by atoms with Crippen molar-refractivity contribution in [3.05, 3.63) is 35.9 Å². The molecule has 0 saturated heterocycles. The number of carbonyl (C=O) groups excluding carboxylic acids is 3. The lowest BCUT2D eigenvalue weighted by molar-refractivity contribution is -0.166. The fraction of sp³-hybridized carbons (Fsp3) is 0.357. The van der Waals surface area contributed by atoms with Crippen LogP contribution in [-0.2, 0) is 25.5 Å². The molecule has 0 spiro atoms. The maximum Gasteiger partial charge on any atom is 0.353 e. The van der Waals surface area contributed by atoms with Crippen molar-refractivity contribution in [1.82, 2.24) is 0 Å². The maximum absolute atomic E-state index is 10.6. The molecule has 1 aromatic carbocycles. The molecule has 5 heteroatoms. The lowest BCUT2D eigenvalue weighted by Crippen LogP contribution is -2.43. The number of aldehydes is 2. The van der Waals surface area contributed by atoms with Crippen molar-refractivity contribution < 1.29 is 24.2 Å². The normalized spacial score (nSPS) is 9.84. The largest absolute Gasteiger partial charge is 0.463 e. The Kier molecular flexibility index (Phi) is 8.04. The zero-order valence-electron chi connectivity index (χ0n) is 11.0. The van der Waals surface area contributed by atoms with Crippen LogP contribution >= 0.6 is 0 Å². The van der Waals surface area contributed by atoms with Crippen molar-refractivity contribution in [3.8, 4) is 0 Å². The second-order valence-corrected chi connectivity index (χ2v) is 3.62. The van der Waals surface area contributed by atoms with Crippen LogP contribution in [0.15, 0.2) is 30.3 Å². The smallest absolute Gasteiger partial charge is 0.353 e. The quantitative estimate of drug-likeness (QED) is 0.487. The molecule has 0 aliphatic carbocycles. The van der Waals surface area contributed by atoms with Gasteiger partial charge in [0.1, 0.15) is 0 Å². The van der Waals surface area contributed by atoms with Crippen LogP contribution in [0.1, 0.15) is 19.4 Å². The Morgan fingerprint density at radius 1 is 1.21 bits per heavy atom. The van der Waals surface area contributed by atoms with E-state index < -0.39 is 11.6 Å². The highest BCUT2D eigenvalue weighted by Crippen LogP contribution is 1.99. The van der Waals surface area contributed by atoms with Crippen LogP contribution < -0.4 is 0 Å². The summed E-state index contributed by atoms with van der Waals surface area (Å²) in [6.07, 6.45) is 0.802. The molecule has 0 aliphatic heterocycles. The number of esters is 1. The van der Waals surface area contributed by atoms with E-state index in [1.165, 1.54) is 12.5 Å². The molecular formula is C14H18O5. The SMILES string of the molecule is CCOC(=O)C(O)(C=O)C=O.CCc1ccccc1. The van der Waals surface area contributed by atoms with Gasteiger partial charge in [0, 0.05) is 0 Å². The van der Waals surface area contributed by atoms with E-state index >= 15 is 0 Å². The Hall–Kier alpha value is -2.01. The van der Waals surface area contributed by atoms with E-state index in [1.54, 1.807) is 0 Å². The Balaban J connectivity index is 0.000000356. The minimum Gasteiger partial charge on any atom is -0.463 e. The molecule has 0 heterocycles. The van der Waals surface area contributed by atoms with Crippen LogP contribution in [0.25, 0.3) is 0 Å². The van der Waals surface area contributed by atoms with Gasteiger partial charge in [-0.2, -0.15) is 0 Å². The third-order valence-electron chi connectivity index (χ3n) is 2.21. The summed E-state index contributed by atoms with van der Waals surface area (Å²) < 4.78 is 4.24. The lowest BCUT2D eigenvalue weighted by Gasteiger charge is -2.10. The summed E-state index contributed by atoms with van der Waals surface area (Å²) in [5, 5.41) is 8.82. The summed E-state index contributed by atoms with van der Waals surface area (Å²) in [6.45, 7) is 3.66. The minimum atomic E-state index is -2.63. The molecule has 0 amide bonds. The van der Waals surface area contributed by atoms with Crippen molar-refractivity contribution in [1.29, 1.82) is 0 Å². The molecule has 0 saturated carbocycles. The molecule has 0 aliphatic rings. The Labute approximate surface area is 112 Å². The van der Waals surface area contributed by atoms with Crippen molar-refractivity contribution in [2.24, 2.45) is 0 Å². The average molecular weight is 266 g/mol. The van der Waals surface area contributed by atoms with Gasteiger partial charge in [-0.25, -0.2) is 4.79 Å². The molecule has 0 fully saturated rings. The fourth-order valence-corrected chi connectivity index (χ4v) is 1.08. The van der Waals surface area contributed by atoms with Crippen molar-refractivity contribution >= 4 is 18.5 Å². The van der Waals surface area contributed by atoms with E-state index in [-0.39, 0.29) is 19.2 Å². The van der Waals surface area contributed by atoms with Gasteiger partial charge in [-0.3, -0.25) is 9.59 Å². The number of rotatable bonds is 5. The molecule has 0 bridgehead atoms. The summed E-state index contributed by atoms with van der Waals surface area (Å²) in [7, 11) is 0. The first-order valence-corrected chi connectivity index (χ1v) is 5.90. The van der Waals surface area contributed by atoms with E-state index in [9.17, 15) is 14.4 Å². The Morgan fingerprint density at radius 2 is 1.74 bits per heavy atom. The average Bonchev–Trinajstić information content (AvgIpc) is 2.48. The van der Waals surface area contributed by atoms with E-state index in [0.29, 0.717) is 0 Å². The number of hydrogen-bond donors (Lipinski definition) is 1. The van der Waals surface area contributed by atoms with Gasteiger partial charge >= 0.3 is 5.97 Å². The van der Waals surface area contributed by atoms with E-state index in [2.05, 4.69) is 35.9 Å². The zero-order valence-corrected chi connectivity index (χ0v) is 11.0. The van der Waals surface area contributed by atoms with Gasteiger partial charge in [-0.05, 0) is 18.9 Å². The van der Waals surface area contributed by atoms with Gasteiger partial charge in [0.2, 0.25) is 0 Å². The first kappa shape index (κ1) is 17.0. The highest BCUT2D eigenvalue weighted by molar-refractivity contribution is 6.11. The molecular weight excluding hydrogens is 248 g/mol. The van der Waals surface area contributed by atoms with Crippen LogP contribution in [0.2, 0.25) is 0 Å². The number of benzene rings is 1. The van der Waals surface area contributed by atoms with E-state index in [0.717, 1.165) is 6.42 Å². The topological polar surface area (TPSA) is 80.7 Å². The second kappa shape index (κ2) is 8.99. The monoisotopic (exact) mass is 266 g/mol. The van der Waals surface area contributed by atoms with Crippen LogP contribution in [0.4, 0.5) is 0 Å². The standard InChI is InChI=1S/C8H10.C6H8O5/c1-2-8-6-4-3-5-7-8;1-2-11-5(9)6(10,3-7)4-8/h3-7H,2H2,1H3;3-4,10H,2H2,1H3. The number of hydrogen-bond acceptors (Lipinski definition) is 5. The minimum absolute atomic E-state index is 0.00280. The van der Waals surface area contributed by atoms with Gasteiger partial charge in [0.25, 0.3) is 5.60 Å². The van der Waals surface area contributed by atoms with Crippen molar-refractivity contribution in [2.75, 3.05) is 6.61 Å². The van der Waals surface area contributed by atoms with E-state index in [4.69, 9.17) is 5.11 Å². The molecule has 0 atom stereocenters. The highest BCUT2D eigenvalue weighted by atomic mass is 16.5. The highest BCUT2D eigenvalue weighted by Gasteiger charge is 2.37. The Bertz CT molecular complexity index is 392. The predicted octanol–water partition coefficient (Wildman–Crippen LogP) is 0.927. The lowest BCUT2D eigenvalue weighted by atomic mass is 10.1. The molecule has 0 radical (unpaired) electrons. The first-order valence-electron chi connectivity index (χ1n) is 5.90. The molecule has 1 aromatic rings. The van der Waals surface area contributed by atoms with Crippen molar-refractivity contribution in [2.45, 2.75) is 25.9 Å². The first-order chi connectivity index (χ1) is 9.03. The third-order valence-corrected chi connectivity index (χ3v) is 2.21. The van der Waals surface area contributed by atoms with Crippen molar-refractivity contribution in [3.63, 3.8) is 0 Å². The number of aliphatic hydroxyl groups is 1.